The van der Waals surface area contributed by atoms with E-state index in [2.05, 4.69) is 17.3 Å². The molecule has 0 radical (unpaired) electrons. The quantitative estimate of drug-likeness (QED) is 0.546. The first-order valence-corrected chi connectivity index (χ1v) is 5.04. The number of nitrogens with zero attached hydrogens (tertiary/aromatic N) is 2. The highest BCUT2D eigenvalue weighted by Gasteiger charge is 2.06. The van der Waals surface area contributed by atoms with Crippen molar-refractivity contribution in [2.45, 2.75) is 26.8 Å². The summed E-state index contributed by atoms with van der Waals surface area (Å²) in [6.45, 7) is 6.16. The van der Waals surface area contributed by atoms with Crippen LogP contribution in [-0.2, 0) is 6.54 Å². The number of nitrogens with one attached hydrogen (secondary N) is 1. The first-order chi connectivity index (χ1) is 6.77. The molecule has 0 spiro atoms. The molecule has 0 unspecified atom stereocenters. The number of hydrogen-bond acceptors (Lipinski definition) is 3. The van der Waals surface area contributed by atoms with Crippen LogP contribution < -0.4 is 5.32 Å². The number of hydrogen-bond donors (Lipinski definition) is 1. The molecule has 0 amide bonds. The van der Waals surface area contributed by atoms with Gasteiger partial charge in [0.1, 0.15) is 0 Å². The number of Topliss-reactive ketones (excluding diaryl/α,β-unsaturated/α-hetero) is 1. The van der Waals surface area contributed by atoms with Crippen molar-refractivity contribution >= 4 is 5.78 Å². The lowest BCUT2D eigenvalue weighted by molar-refractivity contribution is 0.0991. The summed E-state index contributed by atoms with van der Waals surface area (Å²) in [7, 11) is 0. The maximum atomic E-state index is 11.5. The Morgan fingerprint density at radius 1 is 1.57 bits per heavy atom. The monoisotopic (exact) mass is 195 g/mol. The van der Waals surface area contributed by atoms with Crippen molar-refractivity contribution in [1.82, 2.24) is 15.1 Å². The average molecular weight is 195 g/mol. The van der Waals surface area contributed by atoms with Crippen LogP contribution in [0.1, 0.15) is 30.6 Å². The normalized spacial score (nSPS) is 10.4. The molecule has 0 aromatic carbocycles. The molecule has 1 aromatic heterocycles. The van der Waals surface area contributed by atoms with Crippen molar-refractivity contribution in [3.05, 3.63) is 18.0 Å². The molecular weight excluding hydrogens is 178 g/mol. The second-order valence-electron chi connectivity index (χ2n) is 3.18. The second kappa shape index (κ2) is 5.54. The minimum absolute atomic E-state index is 0.109. The first kappa shape index (κ1) is 10.9. The smallest absolute Gasteiger partial charge is 0.179 e. The maximum absolute atomic E-state index is 11.5. The van der Waals surface area contributed by atoms with E-state index in [-0.39, 0.29) is 5.78 Å². The molecule has 4 heteroatoms. The predicted octanol–water partition coefficient (Wildman–Crippen LogP) is 1.09. The van der Waals surface area contributed by atoms with Gasteiger partial charge in [0, 0.05) is 12.7 Å². The van der Waals surface area contributed by atoms with Crippen LogP contribution in [0.3, 0.4) is 0 Å². The van der Waals surface area contributed by atoms with Gasteiger partial charge >= 0.3 is 0 Å². The van der Waals surface area contributed by atoms with Gasteiger partial charge in [-0.2, -0.15) is 5.10 Å². The van der Waals surface area contributed by atoms with E-state index in [1.54, 1.807) is 17.1 Å². The molecule has 0 bridgehead atoms. The van der Waals surface area contributed by atoms with Crippen molar-refractivity contribution < 1.29 is 4.79 Å². The second-order valence-corrected chi connectivity index (χ2v) is 3.18. The highest BCUT2D eigenvalue weighted by atomic mass is 16.1. The molecule has 0 saturated heterocycles. The van der Waals surface area contributed by atoms with Gasteiger partial charge in [0.25, 0.3) is 0 Å². The lowest BCUT2D eigenvalue weighted by Crippen LogP contribution is -2.23. The third-order valence-corrected chi connectivity index (χ3v) is 1.99. The standard InChI is InChI=1S/C10H17N3O/c1-3-5-11-7-10(14)9-6-12-13(4-2)8-9/h6,8,11H,3-5,7H2,1-2H3. The Morgan fingerprint density at radius 3 is 2.93 bits per heavy atom. The molecule has 0 aliphatic carbocycles. The summed E-state index contributed by atoms with van der Waals surface area (Å²) >= 11 is 0. The first-order valence-electron chi connectivity index (χ1n) is 5.04. The fourth-order valence-electron chi connectivity index (χ4n) is 1.16. The molecule has 0 aliphatic rings. The van der Waals surface area contributed by atoms with E-state index in [1.165, 1.54) is 0 Å². The number of carbonyl (C=O) groups excluding carboxylic acids is 1. The van der Waals surface area contributed by atoms with Gasteiger partial charge in [0.2, 0.25) is 0 Å². The van der Waals surface area contributed by atoms with Crippen LogP contribution >= 0.6 is 0 Å². The van der Waals surface area contributed by atoms with E-state index in [4.69, 9.17) is 0 Å². The van der Waals surface area contributed by atoms with E-state index in [0.717, 1.165) is 19.5 Å². The summed E-state index contributed by atoms with van der Waals surface area (Å²) in [6, 6.07) is 0. The van der Waals surface area contributed by atoms with Gasteiger partial charge in [-0.05, 0) is 19.9 Å². The van der Waals surface area contributed by atoms with E-state index >= 15 is 0 Å². The molecule has 4 nitrogen and oxygen atoms in total. The number of ketones is 1. The van der Waals surface area contributed by atoms with Crippen LogP contribution in [0.2, 0.25) is 0 Å². The van der Waals surface area contributed by atoms with Crippen LogP contribution in [0.25, 0.3) is 0 Å². The highest BCUT2D eigenvalue weighted by molar-refractivity contribution is 5.97. The highest BCUT2D eigenvalue weighted by Crippen LogP contribution is 1.98. The van der Waals surface area contributed by atoms with Crippen LogP contribution in [0, 0.1) is 0 Å². The average Bonchev–Trinajstić information content (AvgIpc) is 2.66. The number of aromatic nitrogens is 2. The third-order valence-electron chi connectivity index (χ3n) is 1.99. The molecule has 0 atom stereocenters. The lowest BCUT2D eigenvalue weighted by Gasteiger charge is -1.99. The van der Waals surface area contributed by atoms with Gasteiger partial charge in [-0.3, -0.25) is 9.48 Å². The van der Waals surface area contributed by atoms with Gasteiger partial charge in [0.05, 0.1) is 18.3 Å². The molecule has 0 fully saturated rings. The van der Waals surface area contributed by atoms with Crippen molar-refractivity contribution in [3.8, 4) is 0 Å². The van der Waals surface area contributed by atoms with Crippen LogP contribution in [-0.4, -0.2) is 28.7 Å². The Balaban J connectivity index is 2.44. The van der Waals surface area contributed by atoms with E-state index < -0.39 is 0 Å². The van der Waals surface area contributed by atoms with Gasteiger partial charge in [0.15, 0.2) is 5.78 Å². The van der Waals surface area contributed by atoms with Crippen molar-refractivity contribution in [1.29, 1.82) is 0 Å². The van der Waals surface area contributed by atoms with Crippen LogP contribution in [0.5, 0.6) is 0 Å². The molecule has 1 heterocycles. The Hall–Kier alpha value is -1.16. The van der Waals surface area contributed by atoms with Gasteiger partial charge < -0.3 is 5.32 Å². The molecule has 1 aromatic rings. The number of aryl methyl sites for hydroxylation is 1. The van der Waals surface area contributed by atoms with E-state index in [1.807, 2.05) is 6.92 Å². The molecule has 0 aliphatic heterocycles. The summed E-state index contributed by atoms with van der Waals surface area (Å²) in [5.41, 5.74) is 0.690. The zero-order valence-corrected chi connectivity index (χ0v) is 8.79. The third kappa shape index (κ3) is 2.96. The van der Waals surface area contributed by atoms with Crippen molar-refractivity contribution in [3.63, 3.8) is 0 Å². The Morgan fingerprint density at radius 2 is 2.36 bits per heavy atom. The Labute approximate surface area is 84.3 Å². The minimum Gasteiger partial charge on any atom is -0.310 e. The molecule has 14 heavy (non-hydrogen) atoms. The van der Waals surface area contributed by atoms with Gasteiger partial charge in [-0.1, -0.05) is 6.92 Å². The Kier molecular flexibility index (Phi) is 4.32. The van der Waals surface area contributed by atoms with Crippen molar-refractivity contribution in [2.75, 3.05) is 13.1 Å². The summed E-state index contributed by atoms with van der Waals surface area (Å²) in [5.74, 6) is 0.109. The summed E-state index contributed by atoms with van der Waals surface area (Å²) < 4.78 is 1.76. The van der Waals surface area contributed by atoms with Crippen LogP contribution in [0.4, 0.5) is 0 Å². The van der Waals surface area contributed by atoms with Crippen LogP contribution in [0.15, 0.2) is 12.4 Å². The zero-order chi connectivity index (χ0) is 10.4. The van der Waals surface area contributed by atoms with Crippen molar-refractivity contribution in [2.24, 2.45) is 0 Å². The SMILES string of the molecule is CCCNCC(=O)c1cnn(CC)c1. The largest absolute Gasteiger partial charge is 0.310 e. The summed E-state index contributed by atoms with van der Waals surface area (Å²) in [4.78, 5) is 11.5. The fraction of sp³-hybridized carbons (Fsp3) is 0.600. The maximum Gasteiger partial charge on any atom is 0.179 e. The van der Waals surface area contributed by atoms with E-state index in [9.17, 15) is 4.79 Å². The molecule has 78 valence electrons. The summed E-state index contributed by atoms with van der Waals surface area (Å²) in [5, 5.41) is 7.13. The topological polar surface area (TPSA) is 46.9 Å². The molecule has 1 rings (SSSR count). The molecular formula is C10H17N3O. The zero-order valence-electron chi connectivity index (χ0n) is 8.79. The fourth-order valence-corrected chi connectivity index (χ4v) is 1.16. The lowest BCUT2D eigenvalue weighted by atomic mass is 10.2. The predicted molar refractivity (Wildman–Crippen MR) is 55.4 cm³/mol. The number of carbonyl (C=O) groups is 1. The molecule has 0 saturated carbocycles. The van der Waals surface area contributed by atoms with E-state index in [0.29, 0.717) is 12.1 Å². The minimum atomic E-state index is 0.109. The Bertz CT molecular complexity index is 293. The van der Waals surface area contributed by atoms with Gasteiger partial charge in [-0.25, -0.2) is 0 Å². The van der Waals surface area contributed by atoms with Gasteiger partial charge in [-0.15, -0.1) is 0 Å². The molecule has 1 N–H and O–H groups in total. The summed E-state index contributed by atoms with van der Waals surface area (Å²) in [6.07, 6.45) is 4.46. The number of rotatable bonds is 6.